The van der Waals surface area contributed by atoms with Gasteiger partial charge in [0, 0.05) is 51.0 Å². The molecule has 2 aromatic carbocycles. The lowest BCUT2D eigenvalue weighted by molar-refractivity contribution is -0.139. The van der Waals surface area contributed by atoms with E-state index in [1.54, 1.807) is 14.0 Å². The highest BCUT2D eigenvalue weighted by molar-refractivity contribution is 5.95. The Bertz CT molecular complexity index is 1250. The number of para-hydroxylation sites is 1. The second-order valence-corrected chi connectivity index (χ2v) is 10.4. The molecule has 2 unspecified atom stereocenters. The summed E-state index contributed by atoms with van der Waals surface area (Å²) in [4.78, 5) is 44.7. The molecule has 0 saturated carbocycles. The zero-order valence-electron chi connectivity index (χ0n) is 23.8. The van der Waals surface area contributed by atoms with Gasteiger partial charge >= 0.3 is 18.0 Å². The summed E-state index contributed by atoms with van der Waals surface area (Å²) < 4.78 is 11.5. The lowest BCUT2D eigenvalue weighted by atomic mass is 9.94. The molecule has 0 bridgehead atoms. The Hall–Kier alpha value is -4.05. The van der Waals surface area contributed by atoms with Crippen molar-refractivity contribution in [2.24, 2.45) is 0 Å². The van der Waals surface area contributed by atoms with Crippen LogP contribution in [-0.4, -0.2) is 84.6 Å². The molecule has 2 aliphatic heterocycles. The Labute approximate surface area is 235 Å². The van der Waals surface area contributed by atoms with Gasteiger partial charge in [0.15, 0.2) is 0 Å². The van der Waals surface area contributed by atoms with Gasteiger partial charge in [-0.15, -0.1) is 0 Å². The Morgan fingerprint density at radius 2 is 1.80 bits per heavy atom. The molecule has 1 saturated heterocycles. The molecule has 2 atom stereocenters. The van der Waals surface area contributed by atoms with E-state index in [0.29, 0.717) is 54.5 Å². The second kappa shape index (κ2) is 12.9. The molecular formula is C30H39N5O5. The Morgan fingerprint density at radius 3 is 2.48 bits per heavy atom. The minimum Gasteiger partial charge on any atom is -0.463 e. The lowest BCUT2D eigenvalue weighted by Crippen LogP contribution is -2.58. The topological polar surface area (TPSA) is 103 Å². The number of esters is 1. The molecule has 0 spiro atoms. The molecule has 214 valence electrons. The van der Waals surface area contributed by atoms with Crippen molar-refractivity contribution in [3.63, 3.8) is 0 Å². The summed E-state index contributed by atoms with van der Waals surface area (Å²) in [7, 11) is 1.66. The fraction of sp³-hybridized carbons (Fsp3) is 0.433. The van der Waals surface area contributed by atoms with Crippen LogP contribution < -0.4 is 15.4 Å². The van der Waals surface area contributed by atoms with Crippen LogP contribution in [0.5, 0.6) is 11.5 Å². The first-order valence-corrected chi connectivity index (χ1v) is 13.7. The molecular weight excluding hydrogens is 510 g/mol. The molecule has 4 amide bonds. The summed E-state index contributed by atoms with van der Waals surface area (Å²) in [5, 5.41) is 5.93. The lowest BCUT2D eigenvalue weighted by Gasteiger charge is -2.42. The van der Waals surface area contributed by atoms with Gasteiger partial charge in [-0.1, -0.05) is 30.3 Å². The van der Waals surface area contributed by atoms with Gasteiger partial charge in [-0.05, 0) is 57.5 Å². The highest BCUT2D eigenvalue weighted by Crippen LogP contribution is 2.34. The van der Waals surface area contributed by atoms with Gasteiger partial charge in [0.2, 0.25) is 0 Å². The molecule has 10 nitrogen and oxygen atoms in total. The maximum Gasteiger partial charge on any atom is 0.338 e. The monoisotopic (exact) mass is 549 g/mol. The van der Waals surface area contributed by atoms with Crippen molar-refractivity contribution in [1.29, 1.82) is 0 Å². The fourth-order valence-electron chi connectivity index (χ4n) is 5.05. The number of carbonyl (C=O) groups is 3. The van der Waals surface area contributed by atoms with Crippen LogP contribution in [0.1, 0.15) is 39.3 Å². The van der Waals surface area contributed by atoms with Crippen LogP contribution in [0, 0.1) is 0 Å². The smallest absolute Gasteiger partial charge is 0.338 e. The predicted octanol–water partition coefficient (Wildman–Crippen LogP) is 4.12. The van der Waals surface area contributed by atoms with Gasteiger partial charge < -0.3 is 25.0 Å². The number of nitrogens with one attached hydrogen (secondary N) is 2. The summed E-state index contributed by atoms with van der Waals surface area (Å²) in [5.41, 5.74) is 1.67. The first-order chi connectivity index (χ1) is 19.2. The SMILES string of the molecule is CCOC(=O)C1=C(CN2CCN(C(=O)NC(C)C)C(C)C2)N(C)C(=O)NC1c1cccc(Oc2ccccc2)c1. The average molecular weight is 550 g/mol. The fourth-order valence-corrected chi connectivity index (χ4v) is 5.05. The molecule has 2 aromatic rings. The second-order valence-electron chi connectivity index (χ2n) is 10.4. The van der Waals surface area contributed by atoms with Gasteiger partial charge in [-0.3, -0.25) is 9.80 Å². The minimum absolute atomic E-state index is 0.0375. The third-order valence-corrected chi connectivity index (χ3v) is 7.00. The van der Waals surface area contributed by atoms with E-state index in [4.69, 9.17) is 9.47 Å². The van der Waals surface area contributed by atoms with Crippen molar-refractivity contribution < 1.29 is 23.9 Å². The van der Waals surface area contributed by atoms with E-state index in [0.717, 1.165) is 0 Å². The van der Waals surface area contributed by atoms with Crippen molar-refractivity contribution in [2.75, 3.05) is 39.8 Å². The first kappa shape index (κ1) is 28.9. The van der Waals surface area contributed by atoms with E-state index in [1.165, 1.54) is 4.90 Å². The molecule has 0 aliphatic carbocycles. The summed E-state index contributed by atoms with van der Waals surface area (Å²) in [6.45, 7) is 9.96. The number of urea groups is 2. The summed E-state index contributed by atoms with van der Waals surface area (Å²) in [6.07, 6.45) is 0. The molecule has 10 heteroatoms. The van der Waals surface area contributed by atoms with Gasteiger partial charge in [0.05, 0.1) is 18.2 Å². The number of amides is 4. The number of likely N-dealkylation sites (N-methyl/N-ethyl adjacent to an activating group) is 1. The Kier molecular flexibility index (Phi) is 9.31. The Morgan fingerprint density at radius 1 is 1.07 bits per heavy atom. The largest absolute Gasteiger partial charge is 0.463 e. The molecule has 2 heterocycles. The quantitative estimate of drug-likeness (QED) is 0.481. The number of benzene rings is 2. The van der Waals surface area contributed by atoms with E-state index >= 15 is 0 Å². The van der Waals surface area contributed by atoms with E-state index in [1.807, 2.05) is 80.3 Å². The van der Waals surface area contributed by atoms with Crippen LogP contribution in [0.25, 0.3) is 0 Å². The van der Waals surface area contributed by atoms with Crippen LogP contribution in [0.4, 0.5) is 9.59 Å². The number of hydrogen-bond donors (Lipinski definition) is 2. The summed E-state index contributed by atoms with van der Waals surface area (Å²) in [6, 6.07) is 15.7. The van der Waals surface area contributed by atoms with E-state index in [2.05, 4.69) is 15.5 Å². The number of piperazine rings is 1. The summed E-state index contributed by atoms with van der Waals surface area (Å²) in [5.74, 6) is 0.794. The van der Waals surface area contributed by atoms with Crippen molar-refractivity contribution >= 4 is 18.0 Å². The van der Waals surface area contributed by atoms with Crippen LogP contribution >= 0.6 is 0 Å². The number of nitrogens with zero attached hydrogens (tertiary/aromatic N) is 3. The molecule has 40 heavy (non-hydrogen) atoms. The number of carbonyl (C=O) groups excluding carboxylic acids is 3. The van der Waals surface area contributed by atoms with E-state index < -0.39 is 12.0 Å². The van der Waals surface area contributed by atoms with Crippen LogP contribution in [0.2, 0.25) is 0 Å². The number of ether oxygens (including phenoxy) is 2. The van der Waals surface area contributed by atoms with Crippen LogP contribution in [0.3, 0.4) is 0 Å². The number of hydrogen-bond acceptors (Lipinski definition) is 6. The molecule has 4 rings (SSSR count). The van der Waals surface area contributed by atoms with Gasteiger partial charge in [0.1, 0.15) is 11.5 Å². The van der Waals surface area contributed by atoms with Gasteiger partial charge in [0.25, 0.3) is 0 Å². The van der Waals surface area contributed by atoms with Crippen LogP contribution in [0.15, 0.2) is 65.9 Å². The van der Waals surface area contributed by atoms with Gasteiger partial charge in [-0.25, -0.2) is 14.4 Å². The number of rotatable bonds is 8. The van der Waals surface area contributed by atoms with E-state index in [9.17, 15) is 14.4 Å². The molecule has 0 radical (unpaired) electrons. The molecule has 2 N–H and O–H groups in total. The average Bonchev–Trinajstić information content (AvgIpc) is 2.91. The third kappa shape index (κ3) is 6.74. The molecule has 1 fully saturated rings. The van der Waals surface area contributed by atoms with Crippen LogP contribution in [-0.2, 0) is 9.53 Å². The first-order valence-electron chi connectivity index (χ1n) is 13.7. The maximum atomic E-state index is 13.4. The van der Waals surface area contributed by atoms with Crippen molar-refractivity contribution in [3.8, 4) is 11.5 Å². The highest BCUT2D eigenvalue weighted by atomic mass is 16.5. The van der Waals surface area contributed by atoms with Crippen molar-refractivity contribution in [3.05, 3.63) is 71.4 Å². The maximum absolute atomic E-state index is 13.4. The van der Waals surface area contributed by atoms with Crippen molar-refractivity contribution in [2.45, 2.75) is 45.8 Å². The van der Waals surface area contributed by atoms with Crippen molar-refractivity contribution in [1.82, 2.24) is 25.3 Å². The van der Waals surface area contributed by atoms with E-state index in [-0.39, 0.29) is 30.8 Å². The third-order valence-electron chi connectivity index (χ3n) is 7.00. The zero-order chi connectivity index (χ0) is 28.8. The standard InChI is InChI=1S/C30H39N5O5/c1-6-39-28(36)26-25(19-34-15-16-35(21(4)18-34)30(38)31-20(2)3)33(5)29(37)32-27(26)22-11-10-14-24(17-22)40-23-12-8-7-9-13-23/h7-14,17,20-21,27H,6,15-16,18-19H2,1-5H3,(H,31,38)(H,32,37). The predicted molar refractivity (Wildman–Crippen MR) is 152 cm³/mol. The normalized spacial score (nSPS) is 19.9. The minimum atomic E-state index is -0.715. The molecule has 2 aliphatic rings. The molecule has 0 aromatic heterocycles. The Balaban J connectivity index is 1.63. The summed E-state index contributed by atoms with van der Waals surface area (Å²) >= 11 is 0. The zero-order valence-corrected chi connectivity index (χ0v) is 23.8. The van der Waals surface area contributed by atoms with Gasteiger partial charge in [-0.2, -0.15) is 0 Å². The highest BCUT2D eigenvalue weighted by Gasteiger charge is 2.38.